The van der Waals surface area contributed by atoms with E-state index in [0.29, 0.717) is 28.9 Å². The number of aromatic nitrogens is 2. The number of hydrogen-bond donors (Lipinski definition) is 3. The zero-order chi connectivity index (χ0) is 25.0. The molecule has 3 rings (SSSR count). The summed E-state index contributed by atoms with van der Waals surface area (Å²) in [7, 11) is 5.11. The Kier molecular flexibility index (Phi) is 7.91. The Hall–Kier alpha value is -3.01. The quantitative estimate of drug-likeness (QED) is 0.131. The molecule has 0 aliphatic carbocycles. The van der Waals surface area contributed by atoms with Gasteiger partial charge in [0.25, 0.3) is 11.8 Å². The van der Waals surface area contributed by atoms with E-state index in [9.17, 15) is 19.5 Å². The van der Waals surface area contributed by atoms with Gasteiger partial charge in [0.1, 0.15) is 25.1 Å². The second-order valence-corrected chi connectivity index (χ2v) is 9.96. The first-order valence-electron chi connectivity index (χ1n) is 10.1. The van der Waals surface area contributed by atoms with Crippen LogP contribution in [0.3, 0.4) is 0 Å². The summed E-state index contributed by atoms with van der Waals surface area (Å²) in [5.74, 6) is -2.57. The minimum Gasteiger partial charge on any atom is -0.543 e. The number of rotatable bonds is 10. The van der Waals surface area contributed by atoms with Crippen LogP contribution in [0.15, 0.2) is 28.6 Å². The standard InChI is InChI=1S/C19H25N7O6S2/c1-26(2,7-8-27)6-4-5-10-9-33-17-12(16(29)25(17)13(10)18(30)31)21-15(28)11(23-32-3)14-22-19(20)34-24-14/h4-5,12,17,27H,6-9H2,1-3H3,(H3-,20,21,22,24,28,30,31)/b5-4-,23-11-/t12-,17+/m1/s1. The van der Waals surface area contributed by atoms with Crippen LogP contribution in [0, 0.1) is 0 Å². The summed E-state index contributed by atoms with van der Waals surface area (Å²) in [6.45, 7) is 1.13. The predicted molar refractivity (Wildman–Crippen MR) is 123 cm³/mol. The molecule has 1 aromatic rings. The number of aliphatic hydroxyl groups is 1. The molecule has 2 aliphatic rings. The number of carboxylic acid groups (broad SMARTS) is 1. The molecule has 2 atom stereocenters. The number of nitrogen functional groups attached to an aromatic ring is 1. The summed E-state index contributed by atoms with van der Waals surface area (Å²) < 4.78 is 4.44. The van der Waals surface area contributed by atoms with Gasteiger partial charge in [0, 0.05) is 17.3 Å². The second-order valence-electron chi connectivity index (χ2n) is 8.07. The highest BCUT2D eigenvalue weighted by atomic mass is 32.2. The van der Waals surface area contributed by atoms with Gasteiger partial charge in [-0.05, 0) is 11.6 Å². The molecule has 1 aromatic heterocycles. The topological polar surface area (TPSA) is 183 Å². The van der Waals surface area contributed by atoms with Crippen LogP contribution >= 0.6 is 23.3 Å². The number of allylic oxidation sites excluding steroid dienone is 1. The number of carbonyl (C=O) groups excluding carboxylic acids is 3. The maximum atomic E-state index is 12.8. The Balaban J connectivity index is 1.75. The van der Waals surface area contributed by atoms with E-state index in [-0.39, 0.29) is 29.0 Å². The zero-order valence-electron chi connectivity index (χ0n) is 18.8. The molecule has 0 unspecified atom stereocenters. The highest BCUT2D eigenvalue weighted by Gasteiger charge is 2.53. The van der Waals surface area contributed by atoms with Gasteiger partial charge in [-0.25, -0.2) is 0 Å². The fourth-order valence-electron chi connectivity index (χ4n) is 3.42. The summed E-state index contributed by atoms with van der Waals surface area (Å²) in [4.78, 5) is 47.2. The molecular formula is C19H25N7O6S2. The van der Waals surface area contributed by atoms with E-state index in [1.54, 1.807) is 12.2 Å². The molecular weight excluding hydrogens is 486 g/mol. The fourth-order valence-corrected chi connectivity index (χ4v) is 5.17. The van der Waals surface area contributed by atoms with Gasteiger partial charge in [-0.2, -0.15) is 9.36 Å². The molecule has 2 amide bonds. The van der Waals surface area contributed by atoms with E-state index in [0.717, 1.165) is 16.4 Å². The van der Waals surface area contributed by atoms with Crippen molar-refractivity contribution in [3.05, 3.63) is 29.2 Å². The number of likely N-dealkylation sites (N-methyl/N-ethyl adjacent to an activating group) is 1. The Morgan fingerprint density at radius 1 is 1.47 bits per heavy atom. The van der Waals surface area contributed by atoms with Crippen LogP contribution in [0.5, 0.6) is 0 Å². The van der Waals surface area contributed by atoms with Crippen LogP contribution in [0.4, 0.5) is 5.13 Å². The maximum Gasteiger partial charge on any atom is 0.278 e. The van der Waals surface area contributed by atoms with E-state index in [4.69, 9.17) is 10.8 Å². The van der Waals surface area contributed by atoms with Crippen LogP contribution in [0.1, 0.15) is 5.82 Å². The van der Waals surface area contributed by atoms with E-state index in [2.05, 4.69) is 24.7 Å². The average Bonchev–Trinajstić information content (AvgIpc) is 3.20. The van der Waals surface area contributed by atoms with Gasteiger partial charge in [0.15, 0.2) is 5.13 Å². The molecule has 0 aromatic carbocycles. The number of nitrogens with one attached hydrogen (secondary N) is 1. The lowest BCUT2D eigenvalue weighted by Gasteiger charge is -2.50. The molecule has 15 heteroatoms. The number of thioether (sulfide) groups is 1. The summed E-state index contributed by atoms with van der Waals surface area (Å²) in [5, 5.41) is 26.7. The SMILES string of the molecule is CO/N=C(\C(=O)N[C@@H]1C(=O)N2C(C(=O)[O-])=C(/C=C\C[N+](C)(C)CCO)CS[C@@H]12)c1nsc(N)n1. The van der Waals surface area contributed by atoms with Gasteiger partial charge in [0.2, 0.25) is 11.5 Å². The lowest BCUT2D eigenvalue weighted by Crippen LogP contribution is -2.71. The molecule has 4 N–H and O–H groups in total. The van der Waals surface area contributed by atoms with E-state index in [1.165, 1.54) is 18.9 Å². The van der Waals surface area contributed by atoms with E-state index < -0.39 is 29.2 Å². The number of aliphatic hydroxyl groups excluding tert-OH is 1. The van der Waals surface area contributed by atoms with Crippen molar-refractivity contribution >= 4 is 51.9 Å². The fraction of sp³-hybridized carbons (Fsp3) is 0.474. The molecule has 34 heavy (non-hydrogen) atoms. The third-order valence-electron chi connectivity index (χ3n) is 5.15. The number of β-lactam (4-membered cyclic amide) rings is 1. The van der Waals surface area contributed by atoms with Crippen LogP contribution in [0.25, 0.3) is 0 Å². The van der Waals surface area contributed by atoms with Crippen molar-refractivity contribution in [1.29, 1.82) is 0 Å². The molecule has 3 heterocycles. The smallest absolute Gasteiger partial charge is 0.278 e. The first-order chi connectivity index (χ1) is 16.1. The minimum absolute atomic E-state index is 0.0312. The van der Waals surface area contributed by atoms with E-state index >= 15 is 0 Å². The summed E-state index contributed by atoms with van der Waals surface area (Å²) in [6.07, 6.45) is 3.46. The van der Waals surface area contributed by atoms with Gasteiger partial charge in [-0.1, -0.05) is 11.2 Å². The molecule has 13 nitrogen and oxygen atoms in total. The zero-order valence-corrected chi connectivity index (χ0v) is 20.4. The molecule has 0 radical (unpaired) electrons. The van der Waals surface area contributed by atoms with Crippen LogP contribution in [0.2, 0.25) is 0 Å². The van der Waals surface area contributed by atoms with Crippen molar-refractivity contribution in [3.63, 3.8) is 0 Å². The predicted octanol–water partition coefficient (Wildman–Crippen LogP) is -2.50. The third-order valence-corrected chi connectivity index (χ3v) is 7.00. The molecule has 184 valence electrons. The normalized spacial score (nSPS) is 20.9. The minimum atomic E-state index is -1.48. The number of fused-ring (bicyclic) bond motifs is 1. The number of carboxylic acids is 1. The highest BCUT2D eigenvalue weighted by Crippen LogP contribution is 2.40. The number of nitrogens with two attached hydrogens (primary N) is 1. The van der Waals surface area contributed by atoms with Crippen LogP contribution in [-0.2, 0) is 19.2 Å². The maximum absolute atomic E-state index is 12.8. The number of nitrogens with zero attached hydrogens (tertiary/aromatic N) is 5. The summed E-state index contributed by atoms with van der Waals surface area (Å²) in [6, 6.07) is -0.976. The first kappa shape index (κ1) is 25.6. The number of hydrogen-bond acceptors (Lipinski definition) is 12. The van der Waals surface area contributed by atoms with Gasteiger partial charge >= 0.3 is 0 Å². The Morgan fingerprint density at radius 3 is 2.79 bits per heavy atom. The Morgan fingerprint density at radius 2 is 2.21 bits per heavy atom. The van der Waals surface area contributed by atoms with Crippen molar-refractivity contribution in [2.75, 3.05) is 52.4 Å². The first-order valence-corrected chi connectivity index (χ1v) is 11.9. The highest BCUT2D eigenvalue weighted by molar-refractivity contribution is 8.00. The Labute approximate surface area is 203 Å². The summed E-state index contributed by atoms with van der Waals surface area (Å²) >= 11 is 2.18. The second kappa shape index (κ2) is 10.5. The number of amides is 2. The Bertz CT molecular complexity index is 1070. The lowest BCUT2D eigenvalue weighted by atomic mass is 10.0. The molecule has 1 fully saturated rings. The average molecular weight is 512 g/mol. The monoisotopic (exact) mass is 511 g/mol. The van der Waals surface area contributed by atoms with Crippen LogP contribution < -0.4 is 16.2 Å². The number of carbonyl (C=O) groups is 3. The molecule has 2 aliphatic heterocycles. The van der Waals surface area contributed by atoms with Crippen molar-refractivity contribution in [1.82, 2.24) is 19.6 Å². The molecule has 0 bridgehead atoms. The van der Waals surface area contributed by atoms with Crippen LogP contribution in [-0.4, -0.2) is 105 Å². The van der Waals surface area contributed by atoms with Crippen molar-refractivity contribution in [2.24, 2.45) is 5.16 Å². The number of aliphatic carboxylic acids is 1. The van der Waals surface area contributed by atoms with Crippen molar-refractivity contribution in [2.45, 2.75) is 11.4 Å². The van der Waals surface area contributed by atoms with Gasteiger partial charge in [-0.15, -0.1) is 11.8 Å². The molecule has 1 saturated heterocycles. The number of oxime groups is 1. The number of quaternary nitrogens is 1. The third kappa shape index (κ3) is 5.38. The lowest BCUT2D eigenvalue weighted by molar-refractivity contribution is -0.884. The van der Waals surface area contributed by atoms with Crippen molar-refractivity contribution in [3.8, 4) is 0 Å². The summed E-state index contributed by atoms with van der Waals surface area (Å²) in [5.41, 5.74) is 5.52. The van der Waals surface area contributed by atoms with Gasteiger partial charge < -0.3 is 35.4 Å². The largest absolute Gasteiger partial charge is 0.543 e. The number of anilines is 1. The van der Waals surface area contributed by atoms with Gasteiger partial charge in [-0.3, -0.25) is 14.5 Å². The molecule has 0 saturated carbocycles. The van der Waals surface area contributed by atoms with Gasteiger partial charge in [0.05, 0.1) is 38.9 Å². The molecule has 0 spiro atoms. The van der Waals surface area contributed by atoms with Crippen molar-refractivity contribution < 1.29 is 33.9 Å². The van der Waals surface area contributed by atoms with E-state index in [1.807, 2.05) is 14.1 Å².